The van der Waals surface area contributed by atoms with Gasteiger partial charge in [0, 0.05) is 16.1 Å². The van der Waals surface area contributed by atoms with E-state index in [0.717, 1.165) is 38.0 Å². The quantitative estimate of drug-likeness (QED) is 0.534. The second-order valence-electron chi connectivity index (χ2n) is 8.75. The Morgan fingerprint density at radius 2 is 1.97 bits per heavy atom. The molecule has 0 spiro atoms. The van der Waals surface area contributed by atoms with E-state index >= 15 is 0 Å². The summed E-state index contributed by atoms with van der Waals surface area (Å²) in [7, 11) is 0. The zero-order chi connectivity index (χ0) is 23.9. The van der Waals surface area contributed by atoms with Crippen molar-refractivity contribution in [3.05, 3.63) is 57.4 Å². The van der Waals surface area contributed by atoms with Crippen LogP contribution in [0.15, 0.2) is 36.4 Å². The van der Waals surface area contributed by atoms with Crippen LogP contribution in [0.4, 0.5) is 11.4 Å². The predicted molar refractivity (Wildman–Crippen MR) is 133 cm³/mol. The van der Waals surface area contributed by atoms with E-state index in [1.807, 2.05) is 57.2 Å². The summed E-state index contributed by atoms with van der Waals surface area (Å²) in [6.45, 7) is 11.8. The van der Waals surface area contributed by atoms with Crippen molar-refractivity contribution in [3.63, 3.8) is 0 Å². The zero-order valence-corrected chi connectivity index (χ0v) is 20.7. The summed E-state index contributed by atoms with van der Waals surface area (Å²) in [4.78, 5) is 33.4. The minimum atomic E-state index is -0.663. The summed E-state index contributed by atoms with van der Waals surface area (Å²) in [5, 5.41) is 4.03. The van der Waals surface area contributed by atoms with E-state index in [2.05, 4.69) is 24.1 Å². The third-order valence-electron chi connectivity index (χ3n) is 5.84. The highest BCUT2D eigenvalue weighted by molar-refractivity contribution is 7.11. The second-order valence-corrected chi connectivity index (χ2v) is 10.2. The number of amides is 2. The van der Waals surface area contributed by atoms with Crippen LogP contribution in [0.1, 0.15) is 47.7 Å². The van der Waals surface area contributed by atoms with Crippen molar-refractivity contribution in [1.82, 2.24) is 4.98 Å². The molecule has 2 heterocycles. The van der Waals surface area contributed by atoms with Crippen molar-refractivity contribution < 1.29 is 14.3 Å². The number of ether oxygens (including phenoxy) is 1. The third kappa shape index (κ3) is 4.50. The Morgan fingerprint density at radius 3 is 2.64 bits per heavy atom. The van der Waals surface area contributed by atoms with Gasteiger partial charge in [0.15, 0.2) is 6.10 Å². The lowest BCUT2D eigenvalue weighted by Gasteiger charge is -2.33. The van der Waals surface area contributed by atoms with E-state index in [1.165, 1.54) is 4.90 Å². The highest BCUT2D eigenvalue weighted by Crippen LogP contribution is 2.39. The van der Waals surface area contributed by atoms with Gasteiger partial charge in [0.2, 0.25) is 5.91 Å². The SMILES string of the molecule is Cc1nc(-c2ccc3c(c2)N(CC(=O)Nc2c(C)cccc2C(C)C)C(=O)C(C)O3)c(C)s1. The van der Waals surface area contributed by atoms with Crippen LogP contribution in [0, 0.1) is 20.8 Å². The minimum Gasteiger partial charge on any atom is -0.479 e. The topological polar surface area (TPSA) is 71.5 Å². The van der Waals surface area contributed by atoms with Crippen molar-refractivity contribution in [2.24, 2.45) is 0 Å². The molecule has 1 N–H and O–H groups in total. The molecule has 0 saturated heterocycles. The number of carbonyl (C=O) groups excluding carboxylic acids is 2. The number of aromatic nitrogens is 1. The Kier molecular flexibility index (Phi) is 6.26. The number of nitrogens with one attached hydrogen (secondary N) is 1. The number of carbonyl (C=O) groups is 2. The summed E-state index contributed by atoms with van der Waals surface area (Å²) in [5.41, 5.74) is 5.25. The van der Waals surface area contributed by atoms with Gasteiger partial charge in [0.25, 0.3) is 5.91 Å². The van der Waals surface area contributed by atoms with Gasteiger partial charge in [-0.3, -0.25) is 14.5 Å². The first-order chi connectivity index (χ1) is 15.7. The van der Waals surface area contributed by atoms with Crippen molar-refractivity contribution in [3.8, 4) is 17.0 Å². The molecule has 1 aliphatic rings. The summed E-state index contributed by atoms with van der Waals surface area (Å²) < 4.78 is 5.83. The first-order valence-corrected chi connectivity index (χ1v) is 11.9. The predicted octanol–water partition coefficient (Wildman–Crippen LogP) is 5.61. The summed E-state index contributed by atoms with van der Waals surface area (Å²) in [6.07, 6.45) is -0.663. The molecule has 1 aliphatic heterocycles. The minimum absolute atomic E-state index is 0.0933. The maximum atomic E-state index is 13.1. The maximum Gasteiger partial charge on any atom is 0.268 e. The largest absolute Gasteiger partial charge is 0.479 e. The number of rotatable bonds is 5. The Balaban J connectivity index is 1.66. The second kappa shape index (κ2) is 8.98. The van der Waals surface area contributed by atoms with Crippen LogP contribution >= 0.6 is 11.3 Å². The lowest BCUT2D eigenvalue weighted by atomic mass is 9.98. The molecule has 7 heteroatoms. The van der Waals surface area contributed by atoms with E-state index in [-0.39, 0.29) is 24.3 Å². The first kappa shape index (κ1) is 23.0. The molecule has 0 bridgehead atoms. The van der Waals surface area contributed by atoms with Crippen molar-refractivity contribution in [2.75, 3.05) is 16.8 Å². The number of hydrogen-bond acceptors (Lipinski definition) is 5. The molecule has 2 amide bonds. The number of fused-ring (bicyclic) bond motifs is 1. The molecule has 1 atom stereocenters. The van der Waals surface area contributed by atoms with Crippen LogP contribution in [-0.4, -0.2) is 29.4 Å². The number of anilines is 2. The van der Waals surface area contributed by atoms with Crippen LogP contribution in [0.2, 0.25) is 0 Å². The standard InChI is InChI=1S/C26H29N3O3S/c1-14(2)20-9-7-8-15(3)24(20)28-23(30)13-29-21-12-19(25-17(5)33-18(6)27-25)10-11-22(21)32-16(4)26(29)31/h7-12,14,16H,13H2,1-6H3,(H,28,30). The molecule has 4 rings (SSSR count). The smallest absolute Gasteiger partial charge is 0.268 e. The lowest BCUT2D eigenvalue weighted by Crippen LogP contribution is -2.47. The van der Waals surface area contributed by atoms with Gasteiger partial charge in [-0.1, -0.05) is 32.0 Å². The van der Waals surface area contributed by atoms with Gasteiger partial charge in [-0.05, 0) is 62.9 Å². The fourth-order valence-electron chi connectivity index (χ4n) is 4.18. The van der Waals surface area contributed by atoms with Crippen molar-refractivity contribution >= 4 is 34.5 Å². The van der Waals surface area contributed by atoms with Gasteiger partial charge < -0.3 is 10.1 Å². The van der Waals surface area contributed by atoms with E-state index in [4.69, 9.17) is 4.74 Å². The highest BCUT2D eigenvalue weighted by Gasteiger charge is 2.33. The molecular weight excluding hydrogens is 434 g/mol. The Labute approximate surface area is 198 Å². The van der Waals surface area contributed by atoms with Gasteiger partial charge in [-0.15, -0.1) is 11.3 Å². The maximum absolute atomic E-state index is 13.1. The molecule has 33 heavy (non-hydrogen) atoms. The lowest BCUT2D eigenvalue weighted by molar-refractivity contribution is -0.127. The fourth-order valence-corrected chi connectivity index (χ4v) is 5.02. The van der Waals surface area contributed by atoms with Crippen LogP contribution in [0.25, 0.3) is 11.3 Å². The van der Waals surface area contributed by atoms with Crippen molar-refractivity contribution in [1.29, 1.82) is 0 Å². The fraction of sp³-hybridized carbons (Fsp3) is 0.346. The van der Waals surface area contributed by atoms with Gasteiger partial charge in [-0.2, -0.15) is 0 Å². The van der Waals surface area contributed by atoms with E-state index in [0.29, 0.717) is 11.4 Å². The van der Waals surface area contributed by atoms with Gasteiger partial charge in [-0.25, -0.2) is 4.98 Å². The number of hydrogen-bond donors (Lipinski definition) is 1. The molecule has 0 fully saturated rings. The number of aryl methyl sites for hydroxylation is 3. The Hall–Kier alpha value is -3.19. The van der Waals surface area contributed by atoms with Crippen LogP contribution in [0.3, 0.4) is 0 Å². The summed E-state index contributed by atoms with van der Waals surface area (Å²) >= 11 is 1.63. The van der Waals surface area contributed by atoms with E-state index < -0.39 is 6.10 Å². The van der Waals surface area contributed by atoms with Gasteiger partial charge in [0.1, 0.15) is 12.3 Å². The van der Waals surface area contributed by atoms with Crippen LogP contribution < -0.4 is 15.0 Å². The molecular formula is C26H29N3O3S. The number of nitrogens with zero attached hydrogens (tertiary/aromatic N) is 2. The monoisotopic (exact) mass is 463 g/mol. The Bertz CT molecular complexity index is 1230. The average molecular weight is 464 g/mol. The highest BCUT2D eigenvalue weighted by atomic mass is 32.1. The zero-order valence-electron chi connectivity index (χ0n) is 19.9. The summed E-state index contributed by atoms with van der Waals surface area (Å²) in [5.74, 6) is 0.362. The molecule has 0 aliphatic carbocycles. The van der Waals surface area contributed by atoms with E-state index in [9.17, 15) is 9.59 Å². The molecule has 172 valence electrons. The van der Waals surface area contributed by atoms with E-state index in [1.54, 1.807) is 18.3 Å². The van der Waals surface area contributed by atoms with Gasteiger partial charge >= 0.3 is 0 Å². The Morgan fingerprint density at radius 1 is 1.21 bits per heavy atom. The van der Waals surface area contributed by atoms with Crippen LogP contribution in [0.5, 0.6) is 5.75 Å². The van der Waals surface area contributed by atoms with Gasteiger partial charge in [0.05, 0.1) is 16.4 Å². The molecule has 0 saturated carbocycles. The number of benzene rings is 2. The van der Waals surface area contributed by atoms with Crippen molar-refractivity contribution in [2.45, 2.75) is 53.6 Å². The average Bonchev–Trinajstić information content (AvgIpc) is 3.10. The third-order valence-corrected chi connectivity index (χ3v) is 6.72. The normalized spacial score (nSPS) is 15.4. The molecule has 0 radical (unpaired) electrons. The molecule has 6 nitrogen and oxygen atoms in total. The number of para-hydroxylation sites is 1. The molecule has 1 unspecified atom stereocenters. The first-order valence-electron chi connectivity index (χ1n) is 11.1. The molecule has 3 aromatic rings. The summed E-state index contributed by atoms with van der Waals surface area (Å²) in [6, 6.07) is 11.7. The van der Waals surface area contributed by atoms with Crippen LogP contribution in [-0.2, 0) is 9.59 Å². The molecule has 2 aromatic carbocycles. The number of thiazole rings is 1. The molecule has 1 aromatic heterocycles.